The van der Waals surface area contributed by atoms with E-state index in [0.29, 0.717) is 13.2 Å². The number of ether oxygens (including phenoxy) is 2. The van der Waals surface area contributed by atoms with Crippen molar-refractivity contribution in [3.8, 4) is 11.5 Å². The molecular formula is C12H14BrNO3. The van der Waals surface area contributed by atoms with Gasteiger partial charge >= 0.3 is 0 Å². The van der Waals surface area contributed by atoms with Gasteiger partial charge in [0.1, 0.15) is 11.5 Å². The fraction of sp³-hybridized carbons (Fsp3) is 0.500. The third-order valence-corrected chi connectivity index (χ3v) is 4.17. The molecule has 3 N–H and O–H groups in total. The summed E-state index contributed by atoms with van der Waals surface area (Å²) in [7, 11) is 0. The van der Waals surface area contributed by atoms with E-state index in [1.54, 1.807) is 0 Å². The summed E-state index contributed by atoms with van der Waals surface area (Å²) in [4.78, 5) is 0. The third-order valence-electron chi connectivity index (χ3n) is 3.34. The fourth-order valence-corrected chi connectivity index (χ4v) is 3.29. The van der Waals surface area contributed by atoms with Crippen molar-refractivity contribution in [1.82, 2.24) is 0 Å². The van der Waals surface area contributed by atoms with Crippen LogP contribution in [0.4, 0.5) is 0 Å². The van der Waals surface area contributed by atoms with E-state index in [9.17, 15) is 5.11 Å². The van der Waals surface area contributed by atoms with E-state index in [1.807, 2.05) is 0 Å². The predicted molar refractivity (Wildman–Crippen MR) is 66.6 cm³/mol. The van der Waals surface area contributed by atoms with Gasteiger partial charge in [0, 0.05) is 36.1 Å². The third kappa shape index (κ3) is 1.57. The van der Waals surface area contributed by atoms with Crippen LogP contribution in [0, 0.1) is 0 Å². The largest absolute Gasteiger partial charge is 0.493 e. The first-order chi connectivity index (χ1) is 8.24. The number of benzene rings is 1. The zero-order valence-corrected chi connectivity index (χ0v) is 10.9. The quantitative estimate of drug-likeness (QED) is 0.864. The van der Waals surface area contributed by atoms with E-state index in [-0.39, 0.29) is 6.54 Å². The molecule has 4 nitrogen and oxygen atoms in total. The van der Waals surface area contributed by atoms with Crippen LogP contribution < -0.4 is 15.2 Å². The Labute approximate surface area is 108 Å². The molecule has 0 spiro atoms. The first kappa shape index (κ1) is 11.3. The van der Waals surface area contributed by atoms with Crippen LogP contribution in [0.25, 0.3) is 0 Å². The molecule has 17 heavy (non-hydrogen) atoms. The topological polar surface area (TPSA) is 64.7 Å². The Morgan fingerprint density at radius 1 is 1.18 bits per heavy atom. The zero-order chi connectivity index (χ0) is 12.0. The Morgan fingerprint density at radius 3 is 2.53 bits per heavy atom. The minimum atomic E-state index is -0.676. The molecule has 2 heterocycles. The smallest absolute Gasteiger partial charge is 0.137 e. The second-order valence-electron chi connectivity index (χ2n) is 4.29. The Balaban J connectivity index is 2.26. The van der Waals surface area contributed by atoms with Crippen LogP contribution in [0.3, 0.4) is 0 Å². The van der Waals surface area contributed by atoms with E-state index in [1.165, 1.54) is 0 Å². The number of nitrogens with two attached hydrogens (primary N) is 1. The lowest BCUT2D eigenvalue weighted by Gasteiger charge is -2.18. The molecule has 1 unspecified atom stereocenters. The highest BCUT2D eigenvalue weighted by molar-refractivity contribution is 9.10. The molecule has 3 rings (SSSR count). The van der Waals surface area contributed by atoms with Crippen molar-refractivity contribution in [2.45, 2.75) is 18.9 Å². The van der Waals surface area contributed by atoms with Crippen LogP contribution >= 0.6 is 15.9 Å². The molecule has 2 aliphatic rings. The van der Waals surface area contributed by atoms with Gasteiger partial charge < -0.3 is 20.3 Å². The van der Waals surface area contributed by atoms with E-state index in [0.717, 1.165) is 45.5 Å². The number of rotatable bonds is 2. The molecule has 1 aromatic rings. The van der Waals surface area contributed by atoms with Gasteiger partial charge in [0.2, 0.25) is 0 Å². The van der Waals surface area contributed by atoms with Crippen molar-refractivity contribution in [3.05, 3.63) is 21.2 Å². The second kappa shape index (κ2) is 4.15. The Hall–Kier alpha value is -0.780. The minimum Gasteiger partial charge on any atom is -0.493 e. The molecule has 1 aromatic carbocycles. The summed E-state index contributed by atoms with van der Waals surface area (Å²) in [5.74, 6) is 1.66. The van der Waals surface area contributed by atoms with Gasteiger partial charge in [0.25, 0.3) is 0 Å². The van der Waals surface area contributed by atoms with Gasteiger partial charge in [-0.2, -0.15) is 0 Å². The monoisotopic (exact) mass is 299 g/mol. The van der Waals surface area contributed by atoms with Crippen LogP contribution in [0.15, 0.2) is 4.47 Å². The van der Waals surface area contributed by atoms with Crippen molar-refractivity contribution in [2.75, 3.05) is 19.8 Å². The fourth-order valence-electron chi connectivity index (χ4n) is 2.56. The average molecular weight is 300 g/mol. The highest BCUT2D eigenvalue weighted by atomic mass is 79.9. The zero-order valence-electron chi connectivity index (χ0n) is 9.33. The maximum atomic E-state index is 10.1. The normalized spacial score (nSPS) is 18.3. The first-order valence-corrected chi connectivity index (χ1v) is 6.54. The number of hydrogen-bond acceptors (Lipinski definition) is 4. The Bertz CT molecular complexity index is 440. The number of aliphatic hydroxyl groups is 1. The molecule has 0 amide bonds. The first-order valence-electron chi connectivity index (χ1n) is 5.75. The van der Waals surface area contributed by atoms with E-state index >= 15 is 0 Å². The summed E-state index contributed by atoms with van der Waals surface area (Å²) < 4.78 is 12.3. The maximum absolute atomic E-state index is 10.1. The SMILES string of the molecule is NCC(O)c1c2c(c(Br)c3c1OCC3)OCC2. The van der Waals surface area contributed by atoms with Crippen molar-refractivity contribution in [2.24, 2.45) is 5.73 Å². The highest BCUT2D eigenvalue weighted by Crippen LogP contribution is 2.48. The van der Waals surface area contributed by atoms with Crippen LogP contribution in [-0.2, 0) is 12.8 Å². The summed E-state index contributed by atoms with van der Waals surface area (Å²) in [6.07, 6.45) is 0.971. The summed E-state index contributed by atoms with van der Waals surface area (Å²) >= 11 is 3.57. The van der Waals surface area contributed by atoms with Crippen LogP contribution in [0.5, 0.6) is 11.5 Å². The summed E-state index contributed by atoms with van der Waals surface area (Å²) in [5.41, 5.74) is 8.53. The minimum absolute atomic E-state index is 0.198. The Kier molecular flexibility index (Phi) is 2.77. The van der Waals surface area contributed by atoms with Crippen molar-refractivity contribution >= 4 is 15.9 Å². The van der Waals surface area contributed by atoms with Gasteiger partial charge in [-0.3, -0.25) is 0 Å². The lowest BCUT2D eigenvalue weighted by molar-refractivity contribution is 0.180. The summed E-state index contributed by atoms with van der Waals surface area (Å²) in [6, 6.07) is 0. The summed E-state index contributed by atoms with van der Waals surface area (Å²) in [5, 5.41) is 10.1. The van der Waals surface area contributed by atoms with Gasteiger partial charge in [-0.1, -0.05) is 0 Å². The molecular weight excluding hydrogens is 286 g/mol. The number of halogens is 1. The maximum Gasteiger partial charge on any atom is 0.137 e. The number of aliphatic hydroxyl groups excluding tert-OH is 1. The molecule has 5 heteroatoms. The number of hydrogen-bond donors (Lipinski definition) is 2. The molecule has 0 aromatic heterocycles. The standard InChI is InChI=1S/C12H14BrNO3/c13-10-7-2-4-16-11(7)9(8(15)5-14)6-1-3-17-12(6)10/h8,15H,1-5,14H2. The van der Waals surface area contributed by atoms with Gasteiger partial charge in [-0.15, -0.1) is 0 Å². The number of fused-ring (bicyclic) bond motifs is 2. The van der Waals surface area contributed by atoms with Gasteiger partial charge in [-0.25, -0.2) is 0 Å². The molecule has 92 valence electrons. The molecule has 0 saturated carbocycles. The molecule has 2 aliphatic heterocycles. The lowest BCUT2D eigenvalue weighted by atomic mass is 9.95. The van der Waals surface area contributed by atoms with Gasteiger partial charge in [0.15, 0.2) is 0 Å². The van der Waals surface area contributed by atoms with Crippen LogP contribution in [0.1, 0.15) is 22.8 Å². The predicted octanol–water partition coefficient (Wildman–Crippen LogP) is 1.31. The second-order valence-corrected chi connectivity index (χ2v) is 5.08. The molecule has 0 aliphatic carbocycles. The van der Waals surface area contributed by atoms with Crippen LogP contribution in [-0.4, -0.2) is 24.9 Å². The van der Waals surface area contributed by atoms with Crippen molar-refractivity contribution in [3.63, 3.8) is 0 Å². The summed E-state index contributed by atoms with van der Waals surface area (Å²) in [6.45, 7) is 1.51. The molecule has 0 fully saturated rings. The Morgan fingerprint density at radius 2 is 1.82 bits per heavy atom. The molecule has 1 atom stereocenters. The average Bonchev–Trinajstić information content (AvgIpc) is 2.96. The van der Waals surface area contributed by atoms with E-state index in [2.05, 4.69) is 15.9 Å². The van der Waals surface area contributed by atoms with E-state index in [4.69, 9.17) is 15.2 Å². The molecule has 0 saturated heterocycles. The molecule has 0 bridgehead atoms. The van der Waals surface area contributed by atoms with Crippen LogP contribution in [0.2, 0.25) is 0 Å². The molecule has 0 radical (unpaired) electrons. The van der Waals surface area contributed by atoms with E-state index < -0.39 is 6.10 Å². The van der Waals surface area contributed by atoms with Crippen molar-refractivity contribution in [1.29, 1.82) is 0 Å². The van der Waals surface area contributed by atoms with Gasteiger partial charge in [-0.05, 0) is 15.9 Å². The lowest BCUT2D eigenvalue weighted by Crippen LogP contribution is -2.14. The van der Waals surface area contributed by atoms with Gasteiger partial charge in [0.05, 0.1) is 23.8 Å². The van der Waals surface area contributed by atoms with Crippen molar-refractivity contribution < 1.29 is 14.6 Å². The highest BCUT2D eigenvalue weighted by Gasteiger charge is 2.32.